The molecule has 0 aliphatic carbocycles. The Kier molecular flexibility index (Phi) is 4.55. The van der Waals surface area contributed by atoms with Gasteiger partial charge in [0.15, 0.2) is 0 Å². The first-order valence-corrected chi connectivity index (χ1v) is 8.58. The average Bonchev–Trinajstić information content (AvgIpc) is 3.00. The van der Waals surface area contributed by atoms with Crippen molar-refractivity contribution in [3.05, 3.63) is 30.3 Å². The summed E-state index contributed by atoms with van der Waals surface area (Å²) in [6.07, 6.45) is 2.13. The molecule has 3 rings (SSSR count). The summed E-state index contributed by atoms with van der Waals surface area (Å²) in [6, 6.07) is 7.54. The lowest BCUT2D eigenvalue weighted by atomic mass is 9.99. The number of para-hydroxylation sites is 1. The van der Waals surface area contributed by atoms with Crippen LogP contribution in [0.5, 0.6) is 0 Å². The molecule has 6 nitrogen and oxygen atoms in total. The van der Waals surface area contributed by atoms with Gasteiger partial charge in [-0.05, 0) is 31.4 Å². The largest absolute Gasteiger partial charge is 0.332 e. The first kappa shape index (κ1) is 16.5. The highest BCUT2D eigenvalue weighted by atomic mass is 16.2. The SMILES string of the molecule is CCC(CC)C(=O)N1CC[C@H]2NC(=O)N(c3ccccc3)C(=O)[C@H]21. The highest BCUT2D eigenvalue weighted by molar-refractivity contribution is 6.19. The minimum atomic E-state index is -0.601. The van der Waals surface area contributed by atoms with Crippen LogP contribution in [0, 0.1) is 5.92 Å². The summed E-state index contributed by atoms with van der Waals surface area (Å²) < 4.78 is 0. The van der Waals surface area contributed by atoms with E-state index in [1.165, 1.54) is 0 Å². The molecule has 2 heterocycles. The van der Waals surface area contributed by atoms with Crippen molar-refractivity contribution < 1.29 is 14.4 Å². The Balaban J connectivity index is 1.89. The van der Waals surface area contributed by atoms with Gasteiger partial charge in [0.25, 0.3) is 5.91 Å². The van der Waals surface area contributed by atoms with Gasteiger partial charge in [0.1, 0.15) is 6.04 Å². The Labute approximate surface area is 141 Å². The van der Waals surface area contributed by atoms with Crippen LogP contribution in [0.15, 0.2) is 30.3 Å². The van der Waals surface area contributed by atoms with E-state index in [1.807, 2.05) is 19.9 Å². The van der Waals surface area contributed by atoms with Gasteiger partial charge in [0.05, 0.1) is 11.7 Å². The first-order chi connectivity index (χ1) is 11.6. The second-order valence-corrected chi connectivity index (χ2v) is 6.34. The summed E-state index contributed by atoms with van der Waals surface area (Å²) in [4.78, 5) is 41.0. The Hall–Kier alpha value is -2.37. The van der Waals surface area contributed by atoms with Crippen molar-refractivity contribution in [1.82, 2.24) is 10.2 Å². The predicted molar refractivity (Wildman–Crippen MR) is 90.4 cm³/mol. The van der Waals surface area contributed by atoms with Gasteiger partial charge in [-0.3, -0.25) is 9.59 Å². The number of imide groups is 1. The van der Waals surface area contributed by atoms with Crippen LogP contribution in [0.2, 0.25) is 0 Å². The predicted octanol–water partition coefficient (Wildman–Crippen LogP) is 2.15. The van der Waals surface area contributed by atoms with Crippen LogP contribution in [0.3, 0.4) is 0 Å². The second kappa shape index (κ2) is 6.63. The molecule has 0 radical (unpaired) electrons. The molecular weight excluding hydrogens is 306 g/mol. The number of amides is 4. The number of hydrogen-bond donors (Lipinski definition) is 1. The van der Waals surface area contributed by atoms with E-state index in [2.05, 4.69) is 5.32 Å². The molecule has 0 unspecified atom stereocenters. The minimum absolute atomic E-state index is 0.0185. The maximum Gasteiger partial charge on any atom is 0.329 e. The van der Waals surface area contributed by atoms with E-state index in [0.29, 0.717) is 18.7 Å². The molecule has 4 amide bonds. The number of fused-ring (bicyclic) bond motifs is 1. The van der Waals surface area contributed by atoms with Crippen LogP contribution >= 0.6 is 0 Å². The Bertz CT molecular complexity index is 642. The van der Waals surface area contributed by atoms with Gasteiger partial charge in [-0.25, -0.2) is 9.69 Å². The highest BCUT2D eigenvalue weighted by Gasteiger charge is 2.50. The molecule has 2 aliphatic rings. The van der Waals surface area contributed by atoms with Crippen molar-refractivity contribution in [2.24, 2.45) is 5.92 Å². The lowest BCUT2D eigenvalue weighted by Gasteiger charge is -2.37. The number of carbonyl (C=O) groups excluding carboxylic acids is 3. The Morgan fingerprint density at radius 1 is 1.21 bits per heavy atom. The normalized spacial score (nSPS) is 23.5. The van der Waals surface area contributed by atoms with Gasteiger partial charge in [-0.15, -0.1) is 0 Å². The van der Waals surface area contributed by atoms with Crippen LogP contribution in [0.25, 0.3) is 0 Å². The fourth-order valence-electron chi connectivity index (χ4n) is 3.65. The monoisotopic (exact) mass is 329 g/mol. The average molecular weight is 329 g/mol. The number of likely N-dealkylation sites (tertiary alicyclic amines) is 1. The zero-order valence-corrected chi connectivity index (χ0v) is 14.1. The molecule has 128 valence electrons. The van der Waals surface area contributed by atoms with E-state index >= 15 is 0 Å². The third-order valence-corrected chi connectivity index (χ3v) is 5.02. The molecule has 2 saturated heterocycles. The zero-order chi connectivity index (χ0) is 17.3. The fourth-order valence-corrected chi connectivity index (χ4v) is 3.65. The zero-order valence-electron chi connectivity index (χ0n) is 14.1. The third-order valence-electron chi connectivity index (χ3n) is 5.02. The first-order valence-electron chi connectivity index (χ1n) is 8.58. The van der Waals surface area contributed by atoms with Crippen molar-refractivity contribution in [2.45, 2.75) is 45.2 Å². The third kappa shape index (κ3) is 2.66. The Morgan fingerprint density at radius 2 is 1.88 bits per heavy atom. The summed E-state index contributed by atoms with van der Waals surface area (Å²) >= 11 is 0. The summed E-state index contributed by atoms with van der Waals surface area (Å²) in [5.74, 6) is -0.365. The van der Waals surface area contributed by atoms with Gasteiger partial charge >= 0.3 is 6.03 Å². The van der Waals surface area contributed by atoms with E-state index in [0.717, 1.165) is 17.7 Å². The van der Waals surface area contributed by atoms with Crippen molar-refractivity contribution >= 4 is 23.5 Å². The minimum Gasteiger partial charge on any atom is -0.332 e. The summed E-state index contributed by atoms with van der Waals surface area (Å²) in [7, 11) is 0. The molecule has 1 aromatic rings. The fraction of sp³-hybridized carbons (Fsp3) is 0.500. The molecule has 0 spiro atoms. The number of anilines is 1. The molecule has 24 heavy (non-hydrogen) atoms. The molecule has 6 heteroatoms. The summed E-state index contributed by atoms with van der Waals surface area (Å²) in [5, 5.41) is 2.89. The van der Waals surface area contributed by atoms with Crippen LogP contribution in [0.4, 0.5) is 10.5 Å². The molecule has 0 bridgehead atoms. The molecule has 1 aromatic carbocycles. The topological polar surface area (TPSA) is 69.7 Å². The molecular formula is C18H23N3O3. The van der Waals surface area contributed by atoms with E-state index < -0.39 is 12.1 Å². The van der Waals surface area contributed by atoms with Gasteiger partial charge in [-0.2, -0.15) is 0 Å². The quantitative estimate of drug-likeness (QED) is 0.920. The maximum absolute atomic E-state index is 13.0. The number of nitrogens with one attached hydrogen (secondary N) is 1. The van der Waals surface area contributed by atoms with E-state index in [1.54, 1.807) is 29.2 Å². The number of hydrogen-bond acceptors (Lipinski definition) is 3. The number of benzene rings is 1. The summed E-state index contributed by atoms with van der Waals surface area (Å²) in [6.45, 7) is 4.49. The lowest BCUT2D eigenvalue weighted by Crippen LogP contribution is -2.65. The lowest BCUT2D eigenvalue weighted by molar-refractivity contribution is -0.141. The van der Waals surface area contributed by atoms with Gasteiger partial charge in [-0.1, -0.05) is 32.0 Å². The molecule has 0 saturated carbocycles. The molecule has 2 atom stereocenters. The smallest absolute Gasteiger partial charge is 0.329 e. The van der Waals surface area contributed by atoms with Gasteiger partial charge in [0, 0.05) is 12.5 Å². The Morgan fingerprint density at radius 3 is 2.50 bits per heavy atom. The summed E-state index contributed by atoms with van der Waals surface area (Å²) in [5.41, 5.74) is 0.528. The molecule has 1 N–H and O–H groups in total. The maximum atomic E-state index is 13.0. The number of carbonyl (C=O) groups is 3. The van der Waals surface area contributed by atoms with E-state index in [9.17, 15) is 14.4 Å². The van der Waals surface area contributed by atoms with Crippen LogP contribution in [0.1, 0.15) is 33.1 Å². The van der Waals surface area contributed by atoms with Crippen LogP contribution in [-0.4, -0.2) is 41.4 Å². The molecule has 2 aliphatic heterocycles. The van der Waals surface area contributed by atoms with Gasteiger partial charge < -0.3 is 10.2 Å². The molecule has 2 fully saturated rings. The van der Waals surface area contributed by atoms with Crippen LogP contribution in [-0.2, 0) is 9.59 Å². The number of nitrogens with zero attached hydrogens (tertiary/aromatic N) is 2. The van der Waals surface area contributed by atoms with Crippen molar-refractivity contribution in [3.8, 4) is 0 Å². The highest BCUT2D eigenvalue weighted by Crippen LogP contribution is 2.29. The second-order valence-electron chi connectivity index (χ2n) is 6.34. The standard InChI is InChI=1S/C18H23N3O3/c1-3-12(4-2)16(22)20-11-10-14-15(20)17(23)21(18(24)19-14)13-8-6-5-7-9-13/h5-9,12,14-15H,3-4,10-11H2,1-2H3,(H,19,24)/t14-,15+/m1/s1. The van der Waals surface area contributed by atoms with Crippen molar-refractivity contribution in [3.63, 3.8) is 0 Å². The van der Waals surface area contributed by atoms with Gasteiger partial charge in [0.2, 0.25) is 5.91 Å². The van der Waals surface area contributed by atoms with E-state index in [4.69, 9.17) is 0 Å². The van der Waals surface area contributed by atoms with Crippen molar-refractivity contribution in [2.75, 3.05) is 11.4 Å². The van der Waals surface area contributed by atoms with Crippen molar-refractivity contribution in [1.29, 1.82) is 0 Å². The van der Waals surface area contributed by atoms with E-state index in [-0.39, 0.29) is 23.8 Å². The van der Waals surface area contributed by atoms with Crippen LogP contribution < -0.4 is 10.2 Å². The number of rotatable bonds is 4. The molecule has 0 aromatic heterocycles. The number of urea groups is 1.